The molecule has 3 heterocycles. The number of amides is 1. The molecule has 24 heavy (non-hydrogen) atoms. The Morgan fingerprint density at radius 1 is 1.21 bits per heavy atom. The van der Waals surface area contributed by atoms with E-state index >= 15 is 0 Å². The van der Waals surface area contributed by atoms with E-state index in [1.807, 2.05) is 0 Å². The molecule has 1 amide bonds. The predicted molar refractivity (Wildman–Crippen MR) is 78.4 cm³/mol. The topological polar surface area (TPSA) is 55.3 Å². The molecule has 1 saturated heterocycles. The largest absolute Gasteiger partial charge is 0.488 e. The summed E-state index contributed by atoms with van der Waals surface area (Å²) in [6.45, 7) is 0.859. The summed E-state index contributed by atoms with van der Waals surface area (Å²) in [5, 5.41) is 0. The maximum absolute atomic E-state index is 12.5. The number of halogens is 3. The summed E-state index contributed by atoms with van der Waals surface area (Å²) >= 11 is 0. The third-order valence-corrected chi connectivity index (χ3v) is 3.69. The van der Waals surface area contributed by atoms with Gasteiger partial charge < -0.3 is 9.64 Å². The monoisotopic (exact) mass is 337 g/mol. The highest BCUT2D eigenvalue weighted by Gasteiger charge is 2.33. The van der Waals surface area contributed by atoms with Crippen molar-refractivity contribution in [3.05, 3.63) is 54.1 Å². The lowest BCUT2D eigenvalue weighted by Crippen LogP contribution is -2.31. The van der Waals surface area contributed by atoms with E-state index in [0.717, 1.165) is 18.3 Å². The standard InChI is InChI=1S/C16H14F3N3O2/c17-16(18,19)14-2-1-11(9-21-14)15(23)22-8-5-13(10-22)24-12-3-6-20-7-4-12/h1-4,6-7,9,13H,5,8,10H2/t13-/m0/s1. The fourth-order valence-corrected chi connectivity index (χ4v) is 2.49. The zero-order chi connectivity index (χ0) is 17.2. The summed E-state index contributed by atoms with van der Waals surface area (Å²) in [6.07, 6.45) is 0.171. The van der Waals surface area contributed by atoms with Gasteiger partial charge in [0.1, 0.15) is 17.5 Å². The van der Waals surface area contributed by atoms with Crippen molar-refractivity contribution >= 4 is 5.91 Å². The Hall–Kier alpha value is -2.64. The molecule has 8 heteroatoms. The quantitative estimate of drug-likeness (QED) is 0.864. The van der Waals surface area contributed by atoms with Gasteiger partial charge in [-0.1, -0.05) is 0 Å². The van der Waals surface area contributed by atoms with Crippen molar-refractivity contribution in [2.45, 2.75) is 18.7 Å². The molecule has 2 aromatic rings. The predicted octanol–water partition coefficient (Wildman–Crippen LogP) is 2.79. The van der Waals surface area contributed by atoms with Gasteiger partial charge in [-0.3, -0.25) is 14.8 Å². The fourth-order valence-electron chi connectivity index (χ4n) is 2.49. The van der Waals surface area contributed by atoms with Gasteiger partial charge in [0, 0.05) is 31.6 Å². The number of alkyl halides is 3. The summed E-state index contributed by atoms with van der Waals surface area (Å²) in [7, 11) is 0. The number of hydrogen-bond donors (Lipinski definition) is 0. The minimum absolute atomic E-state index is 0.132. The van der Waals surface area contributed by atoms with Crippen molar-refractivity contribution in [3.63, 3.8) is 0 Å². The first-order valence-corrected chi connectivity index (χ1v) is 7.33. The minimum atomic E-state index is -4.52. The van der Waals surface area contributed by atoms with E-state index in [-0.39, 0.29) is 17.6 Å². The van der Waals surface area contributed by atoms with Gasteiger partial charge in [-0.25, -0.2) is 0 Å². The van der Waals surface area contributed by atoms with Crippen LogP contribution in [0.3, 0.4) is 0 Å². The van der Waals surface area contributed by atoms with E-state index in [2.05, 4.69) is 9.97 Å². The van der Waals surface area contributed by atoms with E-state index in [0.29, 0.717) is 25.3 Å². The maximum Gasteiger partial charge on any atom is 0.433 e. The van der Waals surface area contributed by atoms with Crippen LogP contribution < -0.4 is 4.74 Å². The molecular weight excluding hydrogens is 323 g/mol. The molecular formula is C16H14F3N3O2. The first-order valence-electron chi connectivity index (χ1n) is 7.33. The molecule has 5 nitrogen and oxygen atoms in total. The highest BCUT2D eigenvalue weighted by atomic mass is 19.4. The molecule has 0 aliphatic carbocycles. The Labute approximate surface area is 136 Å². The molecule has 2 aromatic heterocycles. The van der Waals surface area contributed by atoms with E-state index in [1.165, 1.54) is 0 Å². The number of carbonyl (C=O) groups excluding carboxylic acids is 1. The van der Waals surface area contributed by atoms with E-state index < -0.39 is 11.9 Å². The zero-order valence-electron chi connectivity index (χ0n) is 12.5. The molecule has 0 radical (unpaired) electrons. The van der Waals surface area contributed by atoms with E-state index in [9.17, 15) is 18.0 Å². The van der Waals surface area contributed by atoms with Crippen LogP contribution in [0.5, 0.6) is 5.75 Å². The highest BCUT2D eigenvalue weighted by molar-refractivity contribution is 5.94. The summed E-state index contributed by atoms with van der Waals surface area (Å²) in [5.74, 6) is 0.317. The molecule has 0 unspecified atom stereocenters. The molecule has 0 bridgehead atoms. The summed E-state index contributed by atoms with van der Waals surface area (Å²) in [5.41, 5.74) is -0.882. The second-order valence-corrected chi connectivity index (χ2v) is 5.39. The second-order valence-electron chi connectivity index (χ2n) is 5.39. The third-order valence-electron chi connectivity index (χ3n) is 3.69. The van der Waals surface area contributed by atoms with Gasteiger partial charge in [-0.05, 0) is 24.3 Å². The number of carbonyl (C=O) groups is 1. The Balaban J connectivity index is 1.62. The number of likely N-dealkylation sites (tertiary alicyclic amines) is 1. The first kappa shape index (κ1) is 16.2. The number of pyridine rings is 2. The van der Waals surface area contributed by atoms with Gasteiger partial charge in [-0.15, -0.1) is 0 Å². The van der Waals surface area contributed by atoms with Crippen molar-refractivity contribution in [1.82, 2.24) is 14.9 Å². The summed E-state index contributed by atoms with van der Waals surface area (Å²) < 4.78 is 43.3. The summed E-state index contributed by atoms with van der Waals surface area (Å²) in [6, 6.07) is 5.41. The maximum atomic E-state index is 12.5. The Morgan fingerprint density at radius 3 is 2.58 bits per heavy atom. The van der Waals surface area contributed by atoms with Crippen LogP contribution in [-0.4, -0.2) is 40.0 Å². The average molecular weight is 337 g/mol. The molecule has 126 valence electrons. The van der Waals surface area contributed by atoms with Crippen LogP contribution in [0.2, 0.25) is 0 Å². The average Bonchev–Trinajstić information content (AvgIpc) is 3.03. The SMILES string of the molecule is O=C(c1ccc(C(F)(F)F)nc1)N1CC[C@H](Oc2ccncc2)C1. The van der Waals surface area contributed by atoms with Crippen molar-refractivity contribution in [2.75, 3.05) is 13.1 Å². The molecule has 1 aliphatic rings. The molecule has 0 saturated carbocycles. The molecule has 0 aromatic carbocycles. The number of hydrogen-bond acceptors (Lipinski definition) is 4. The van der Waals surface area contributed by atoms with Crippen LogP contribution in [0.25, 0.3) is 0 Å². The third kappa shape index (κ3) is 3.64. The van der Waals surface area contributed by atoms with Crippen LogP contribution in [0, 0.1) is 0 Å². The zero-order valence-corrected chi connectivity index (χ0v) is 12.5. The molecule has 1 atom stereocenters. The van der Waals surface area contributed by atoms with Gasteiger partial charge >= 0.3 is 6.18 Å². The van der Waals surface area contributed by atoms with Crippen molar-refractivity contribution in [2.24, 2.45) is 0 Å². The van der Waals surface area contributed by atoms with E-state index in [1.54, 1.807) is 29.4 Å². The van der Waals surface area contributed by atoms with Gasteiger partial charge in [0.2, 0.25) is 0 Å². The second kappa shape index (κ2) is 6.46. The highest BCUT2D eigenvalue weighted by Crippen LogP contribution is 2.27. The van der Waals surface area contributed by atoms with Crippen molar-refractivity contribution in [1.29, 1.82) is 0 Å². The fraction of sp³-hybridized carbons (Fsp3) is 0.312. The van der Waals surface area contributed by atoms with Gasteiger partial charge in [0.25, 0.3) is 5.91 Å². The van der Waals surface area contributed by atoms with Crippen LogP contribution in [0.4, 0.5) is 13.2 Å². The molecule has 1 aliphatic heterocycles. The van der Waals surface area contributed by atoms with Crippen LogP contribution >= 0.6 is 0 Å². The van der Waals surface area contributed by atoms with Gasteiger partial charge in [0.05, 0.1) is 12.1 Å². The smallest absolute Gasteiger partial charge is 0.433 e. The van der Waals surface area contributed by atoms with E-state index in [4.69, 9.17) is 4.74 Å². The Morgan fingerprint density at radius 2 is 1.96 bits per heavy atom. The number of rotatable bonds is 3. The van der Waals surface area contributed by atoms with Crippen LogP contribution in [-0.2, 0) is 6.18 Å². The molecule has 3 rings (SSSR count). The molecule has 1 fully saturated rings. The number of ether oxygens (including phenoxy) is 1. The van der Waals surface area contributed by atoms with Crippen LogP contribution in [0.15, 0.2) is 42.9 Å². The van der Waals surface area contributed by atoms with Crippen LogP contribution in [0.1, 0.15) is 22.5 Å². The lowest BCUT2D eigenvalue weighted by atomic mass is 10.2. The lowest BCUT2D eigenvalue weighted by molar-refractivity contribution is -0.141. The number of nitrogens with zero attached hydrogens (tertiary/aromatic N) is 3. The van der Waals surface area contributed by atoms with Crippen molar-refractivity contribution in [3.8, 4) is 5.75 Å². The normalized spacial score (nSPS) is 17.8. The number of aromatic nitrogens is 2. The first-order chi connectivity index (χ1) is 11.4. The molecule has 0 N–H and O–H groups in total. The minimum Gasteiger partial charge on any atom is -0.488 e. The Bertz CT molecular complexity index is 705. The Kier molecular flexibility index (Phi) is 4.37. The summed E-state index contributed by atoms with van der Waals surface area (Å²) in [4.78, 5) is 21.1. The van der Waals surface area contributed by atoms with Crippen molar-refractivity contribution < 1.29 is 22.7 Å². The van der Waals surface area contributed by atoms with Gasteiger partial charge in [-0.2, -0.15) is 13.2 Å². The van der Waals surface area contributed by atoms with Gasteiger partial charge in [0.15, 0.2) is 0 Å². The molecule has 0 spiro atoms. The lowest BCUT2D eigenvalue weighted by Gasteiger charge is -2.17.